The fourth-order valence-corrected chi connectivity index (χ4v) is 7.53. The monoisotopic (exact) mass is 710 g/mol. The standard InChI is InChI=1S/C37H45F3N6O5/c1-22-23(2)36(49)43(3)19-26(22)24-16-31(50-4)27(32(17-24)51-5)20-44-11-10-33(37(39,40)21-44)46-14-12-45(13-15-46)30-8-6-25(18-28(30)38)41-29-7-9-34(47)42-35(29)48/h6,8,16-19,29,33,41H,7,9-15,20-21H2,1-5H3,(H,42,47,48)/t29-,33-/m1/s1. The molecule has 2 amide bonds. The van der Waals surface area contributed by atoms with Crippen molar-refractivity contribution in [1.29, 1.82) is 0 Å². The number of hydrogen-bond donors (Lipinski definition) is 2. The molecule has 0 bridgehead atoms. The van der Waals surface area contributed by atoms with Gasteiger partial charge in [-0.15, -0.1) is 0 Å². The number of likely N-dealkylation sites (tertiary alicyclic amines) is 1. The summed E-state index contributed by atoms with van der Waals surface area (Å²) in [5.74, 6) is -3.19. The number of aromatic nitrogens is 1. The highest BCUT2D eigenvalue weighted by molar-refractivity contribution is 6.01. The smallest absolute Gasteiger partial charge is 0.275 e. The van der Waals surface area contributed by atoms with E-state index in [0.717, 1.165) is 16.7 Å². The maximum Gasteiger partial charge on any atom is 0.275 e. The Hall–Kier alpha value is -4.56. The van der Waals surface area contributed by atoms with Crippen molar-refractivity contribution in [1.82, 2.24) is 19.7 Å². The first-order valence-electron chi connectivity index (χ1n) is 17.2. The SMILES string of the molecule is COc1cc(-c2cn(C)c(=O)c(C)c2C)cc(OC)c1CN1CC[C@@H](N2CCN(c3ccc(N[C@@H]4CCC(=O)NC4=O)cc3F)CC2)C(F)(F)C1. The number of nitrogens with zero attached hydrogens (tertiary/aromatic N) is 4. The number of ether oxygens (including phenoxy) is 2. The molecule has 0 saturated carbocycles. The maximum atomic E-state index is 15.9. The van der Waals surface area contributed by atoms with Crippen molar-refractivity contribution in [2.45, 2.75) is 57.7 Å². The number of carbonyl (C=O) groups excluding carboxylic acids is 2. The Bertz CT molecular complexity index is 1850. The molecule has 0 aliphatic carbocycles. The third kappa shape index (κ3) is 7.43. The molecule has 2 aromatic carbocycles. The number of amides is 2. The van der Waals surface area contributed by atoms with Crippen LogP contribution in [0.1, 0.15) is 36.0 Å². The number of alkyl halides is 2. The van der Waals surface area contributed by atoms with Gasteiger partial charge in [0.05, 0.1) is 38.1 Å². The number of aryl methyl sites for hydroxylation is 1. The van der Waals surface area contributed by atoms with Crippen LogP contribution in [0.25, 0.3) is 11.1 Å². The minimum Gasteiger partial charge on any atom is -0.496 e. The van der Waals surface area contributed by atoms with Crippen LogP contribution in [0.4, 0.5) is 24.5 Å². The number of benzene rings is 2. The predicted octanol–water partition coefficient (Wildman–Crippen LogP) is 4.07. The zero-order valence-electron chi connectivity index (χ0n) is 29.7. The number of carbonyl (C=O) groups is 2. The van der Waals surface area contributed by atoms with Crippen molar-refractivity contribution in [3.8, 4) is 22.6 Å². The number of nitrogens with one attached hydrogen (secondary N) is 2. The highest BCUT2D eigenvalue weighted by Gasteiger charge is 2.48. The van der Waals surface area contributed by atoms with Gasteiger partial charge < -0.3 is 24.3 Å². The fourth-order valence-electron chi connectivity index (χ4n) is 7.53. The Morgan fingerprint density at radius 1 is 0.941 bits per heavy atom. The van der Waals surface area contributed by atoms with Crippen LogP contribution in [0, 0.1) is 19.7 Å². The van der Waals surface area contributed by atoms with Gasteiger partial charge in [-0.1, -0.05) is 0 Å². The van der Waals surface area contributed by atoms with Gasteiger partial charge in [-0.25, -0.2) is 13.2 Å². The number of rotatable bonds is 9. The molecule has 6 rings (SSSR count). The van der Waals surface area contributed by atoms with Crippen LogP contribution in [0.2, 0.25) is 0 Å². The van der Waals surface area contributed by atoms with Crippen LogP contribution >= 0.6 is 0 Å². The van der Waals surface area contributed by atoms with E-state index in [0.29, 0.717) is 73.1 Å². The third-order valence-corrected chi connectivity index (χ3v) is 10.5. The highest BCUT2D eigenvalue weighted by Crippen LogP contribution is 2.39. The van der Waals surface area contributed by atoms with E-state index in [2.05, 4.69) is 10.6 Å². The normalized spacial score (nSPS) is 21.4. The van der Waals surface area contributed by atoms with Crippen LogP contribution in [-0.4, -0.2) is 97.7 Å². The van der Waals surface area contributed by atoms with Gasteiger partial charge in [0.15, 0.2) is 0 Å². The molecule has 3 aromatic rings. The van der Waals surface area contributed by atoms with E-state index in [1.54, 1.807) is 51.4 Å². The van der Waals surface area contributed by atoms with Crippen LogP contribution in [-0.2, 0) is 23.2 Å². The van der Waals surface area contributed by atoms with E-state index in [9.17, 15) is 14.4 Å². The highest BCUT2D eigenvalue weighted by atomic mass is 19.3. The van der Waals surface area contributed by atoms with Crippen molar-refractivity contribution < 1.29 is 32.2 Å². The second kappa shape index (κ2) is 14.6. The molecule has 4 heterocycles. The number of piperidine rings is 2. The summed E-state index contributed by atoms with van der Waals surface area (Å²) in [6.07, 6.45) is 2.58. The first kappa shape index (κ1) is 36.2. The zero-order chi connectivity index (χ0) is 36.6. The molecule has 3 saturated heterocycles. The van der Waals surface area contributed by atoms with Crippen LogP contribution < -0.4 is 30.6 Å². The molecule has 2 atom stereocenters. The molecule has 0 unspecified atom stereocenters. The van der Waals surface area contributed by atoms with Crippen molar-refractivity contribution in [2.24, 2.45) is 7.05 Å². The van der Waals surface area contributed by atoms with E-state index in [1.165, 1.54) is 10.6 Å². The van der Waals surface area contributed by atoms with Gasteiger partial charge in [-0.2, -0.15) is 0 Å². The molecule has 51 heavy (non-hydrogen) atoms. The fraction of sp³-hybridized carbons (Fsp3) is 0.486. The Morgan fingerprint density at radius 2 is 1.63 bits per heavy atom. The lowest BCUT2D eigenvalue weighted by atomic mass is 9.95. The Balaban J connectivity index is 1.09. The quantitative estimate of drug-likeness (QED) is 0.318. The van der Waals surface area contributed by atoms with Gasteiger partial charge in [0, 0.05) is 75.7 Å². The lowest BCUT2D eigenvalue weighted by molar-refractivity contribution is -0.133. The molecule has 1 aromatic heterocycles. The average Bonchev–Trinajstić information content (AvgIpc) is 3.10. The summed E-state index contributed by atoms with van der Waals surface area (Å²) in [7, 11) is 4.79. The van der Waals surface area contributed by atoms with Crippen molar-refractivity contribution >= 4 is 23.2 Å². The average molecular weight is 711 g/mol. The molecule has 14 heteroatoms. The molecule has 11 nitrogen and oxygen atoms in total. The minimum absolute atomic E-state index is 0.0696. The number of hydrogen-bond acceptors (Lipinski definition) is 9. The summed E-state index contributed by atoms with van der Waals surface area (Å²) in [5, 5.41) is 5.26. The van der Waals surface area contributed by atoms with E-state index >= 15 is 13.2 Å². The van der Waals surface area contributed by atoms with Gasteiger partial charge in [0.25, 0.3) is 11.5 Å². The van der Waals surface area contributed by atoms with E-state index in [1.807, 2.05) is 28.9 Å². The second-order valence-electron chi connectivity index (χ2n) is 13.7. The number of halogens is 3. The molecule has 2 N–H and O–H groups in total. The molecule has 0 spiro atoms. The largest absolute Gasteiger partial charge is 0.496 e. The summed E-state index contributed by atoms with van der Waals surface area (Å²) < 4.78 is 60.0. The van der Waals surface area contributed by atoms with Crippen LogP contribution in [0.3, 0.4) is 0 Å². The van der Waals surface area contributed by atoms with Gasteiger partial charge in [-0.05, 0) is 68.1 Å². The zero-order valence-corrected chi connectivity index (χ0v) is 29.7. The first-order chi connectivity index (χ1) is 24.3. The number of imide groups is 1. The Kier molecular flexibility index (Phi) is 10.4. The topological polar surface area (TPSA) is 108 Å². The predicted molar refractivity (Wildman–Crippen MR) is 188 cm³/mol. The van der Waals surface area contributed by atoms with E-state index in [4.69, 9.17) is 9.47 Å². The molecule has 3 fully saturated rings. The summed E-state index contributed by atoms with van der Waals surface area (Å²) in [5.41, 5.74) is 4.55. The Morgan fingerprint density at radius 3 is 2.24 bits per heavy atom. The lowest BCUT2D eigenvalue weighted by Crippen LogP contribution is -2.61. The van der Waals surface area contributed by atoms with E-state index < -0.39 is 36.3 Å². The molecule has 3 aliphatic heterocycles. The minimum atomic E-state index is -2.99. The summed E-state index contributed by atoms with van der Waals surface area (Å²) in [6, 6.07) is 6.79. The molecular formula is C37H45F3N6O5. The first-order valence-corrected chi connectivity index (χ1v) is 17.2. The van der Waals surface area contributed by atoms with Crippen molar-refractivity contribution in [2.75, 3.05) is 63.7 Å². The van der Waals surface area contributed by atoms with Gasteiger partial charge in [0.2, 0.25) is 11.8 Å². The number of pyridine rings is 1. The molecule has 0 radical (unpaired) electrons. The molecule has 3 aliphatic rings. The van der Waals surface area contributed by atoms with Gasteiger partial charge >= 0.3 is 0 Å². The molecule has 274 valence electrons. The van der Waals surface area contributed by atoms with E-state index in [-0.39, 0.29) is 30.9 Å². The van der Waals surface area contributed by atoms with Crippen molar-refractivity contribution in [3.05, 3.63) is 69.4 Å². The Labute approximate surface area is 295 Å². The number of piperazine rings is 1. The third-order valence-electron chi connectivity index (χ3n) is 10.5. The van der Waals surface area contributed by atoms with Crippen LogP contribution in [0.5, 0.6) is 11.5 Å². The van der Waals surface area contributed by atoms with Crippen LogP contribution in [0.15, 0.2) is 41.3 Å². The summed E-state index contributed by atoms with van der Waals surface area (Å²) in [6.45, 7) is 5.43. The van der Waals surface area contributed by atoms with Gasteiger partial charge in [-0.3, -0.25) is 29.5 Å². The summed E-state index contributed by atoms with van der Waals surface area (Å²) >= 11 is 0. The number of anilines is 2. The van der Waals surface area contributed by atoms with Crippen molar-refractivity contribution in [3.63, 3.8) is 0 Å². The lowest BCUT2D eigenvalue weighted by Gasteiger charge is -2.46. The van der Waals surface area contributed by atoms with Gasteiger partial charge in [0.1, 0.15) is 23.4 Å². The summed E-state index contributed by atoms with van der Waals surface area (Å²) in [4.78, 5) is 41.3. The number of methoxy groups -OCH3 is 2. The second-order valence-corrected chi connectivity index (χ2v) is 13.7. The molecular weight excluding hydrogens is 665 g/mol. The maximum absolute atomic E-state index is 15.9.